The lowest BCUT2D eigenvalue weighted by Crippen LogP contribution is -2.29. The summed E-state index contributed by atoms with van der Waals surface area (Å²) in [6, 6.07) is 33.0. The molecule has 37 heavy (non-hydrogen) atoms. The number of nitrogens with zero attached hydrogens (tertiary/aromatic N) is 2. The number of anilines is 1. The van der Waals surface area contributed by atoms with E-state index >= 15 is 0 Å². The van der Waals surface area contributed by atoms with Gasteiger partial charge in [-0.2, -0.15) is 0 Å². The minimum absolute atomic E-state index is 0.00934. The van der Waals surface area contributed by atoms with E-state index in [0.717, 1.165) is 16.7 Å². The molecule has 0 heterocycles. The van der Waals surface area contributed by atoms with Crippen molar-refractivity contribution < 1.29 is 14.0 Å². The van der Waals surface area contributed by atoms with E-state index in [-0.39, 0.29) is 30.6 Å². The van der Waals surface area contributed by atoms with Crippen molar-refractivity contribution in [2.24, 2.45) is 0 Å². The number of hydrogen-bond acceptors (Lipinski definition) is 2. The SMILES string of the molecule is CN(Cc1ccccc1)C(=O)Cc1ccc(N(Cc2cccc(F)c2)C(=O)C=Cc2ccccc2)cc1. The second-order valence-corrected chi connectivity index (χ2v) is 8.88. The molecule has 4 rings (SSSR count). The highest BCUT2D eigenvalue weighted by Crippen LogP contribution is 2.21. The molecule has 4 aromatic rings. The van der Waals surface area contributed by atoms with E-state index in [9.17, 15) is 14.0 Å². The van der Waals surface area contributed by atoms with Crippen molar-refractivity contribution >= 4 is 23.6 Å². The van der Waals surface area contributed by atoms with Crippen LogP contribution in [0.25, 0.3) is 6.08 Å². The van der Waals surface area contributed by atoms with Crippen LogP contribution in [-0.2, 0) is 29.1 Å². The van der Waals surface area contributed by atoms with Crippen molar-refractivity contribution in [3.63, 3.8) is 0 Å². The van der Waals surface area contributed by atoms with Gasteiger partial charge in [0.1, 0.15) is 5.82 Å². The average molecular weight is 493 g/mol. The highest BCUT2D eigenvalue weighted by atomic mass is 19.1. The molecule has 0 unspecified atom stereocenters. The first-order valence-electron chi connectivity index (χ1n) is 12.1. The van der Waals surface area contributed by atoms with Crippen LogP contribution in [0, 0.1) is 5.82 Å². The summed E-state index contributed by atoms with van der Waals surface area (Å²) in [7, 11) is 1.79. The van der Waals surface area contributed by atoms with E-state index in [0.29, 0.717) is 17.8 Å². The lowest BCUT2D eigenvalue weighted by molar-refractivity contribution is -0.129. The van der Waals surface area contributed by atoms with Crippen molar-refractivity contribution in [2.45, 2.75) is 19.5 Å². The Hall–Kier alpha value is -4.51. The Labute approximate surface area is 217 Å². The Morgan fingerprint density at radius 2 is 1.38 bits per heavy atom. The maximum absolute atomic E-state index is 13.8. The summed E-state index contributed by atoms with van der Waals surface area (Å²) in [6.07, 6.45) is 3.54. The predicted molar refractivity (Wildman–Crippen MR) is 146 cm³/mol. The van der Waals surface area contributed by atoms with Crippen LogP contribution >= 0.6 is 0 Å². The smallest absolute Gasteiger partial charge is 0.251 e. The van der Waals surface area contributed by atoms with E-state index in [2.05, 4.69) is 0 Å². The molecule has 0 aliphatic carbocycles. The van der Waals surface area contributed by atoms with Gasteiger partial charge < -0.3 is 9.80 Å². The quantitative estimate of drug-likeness (QED) is 0.258. The van der Waals surface area contributed by atoms with Crippen LogP contribution in [0.2, 0.25) is 0 Å². The zero-order valence-electron chi connectivity index (χ0n) is 20.8. The van der Waals surface area contributed by atoms with Gasteiger partial charge in [0.2, 0.25) is 5.91 Å². The van der Waals surface area contributed by atoms with Gasteiger partial charge in [0.15, 0.2) is 0 Å². The van der Waals surface area contributed by atoms with E-state index in [1.165, 1.54) is 18.2 Å². The minimum atomic E-state index is -0.349. The van der Waals surface area contributed by atoms with E-state index < -0.39 is 0 Å². The predicted octanol–water partition coefficient (Wildman–Crippen LogP) is 6.27. The molecule has 0 saturated carbocycles. The zero-order valence-corrected chi connectivity index (χ0v) is 20.8. The highest BCUT2D eigenvalue weighted by Gasteiger charge is 2.16. The number of likely N-dealkylation sites (N-methyl/N-ethyl adjacent to an activating group) is 1. The number of benzene rings is 4. The summed E-state index contributed by atoms with van der Waals surface area (Å²) in [4.78, 5) is 29.3. The molecule has 0 fully saturated rings. The standard InChI is InChI=1S/C32H29FN2O2/c1-34(23-27-11-6-3-7-12-27)32(37)22-26-15-18-30(19-16-26)35(24-28-13-8-14-29(33)21-28)31(36)20-17-25-9-4-2-5-10-25/h2-21H,22-24H2,1H3. The molecule has 0 aliphatic heterocycles. The van der Waals surface area contributed by atoms with Crippen molar-refractivity contribution in [1.29, 1.82) is 0 Å². The van der Waals surface area contributed by atoms with Crippen molar-refractivity contribution in [3.8, 4) is 0 Å². The number of amides is 2. The Morgan fingerprint density at radius 1 is 0.730 bits per heavy atom. The Kier molecular flexibility index (Phi) is 8.61. The summed E-state index contributed by atoms with van der Waals surface area (Å²) in [6.45, 7) is 0.759. The maximum Gasteiger partial charge on any atom is 0.251 e. The van der Waals surface area contributed by atoms with Gasteiger partial charge in [0.25, 0.3) is 5.91 Å². The Balaban J connectivity index is 1.49. The van der Waals surface area contributed by atoms with Gasteiger partial charge in [0.05, 0.1) is 13.0 Å². The molecule has 0 radical (unpaired) electrons. The van der Waals surface area contributed by atoms with Crippen molar-refractivity contribution in [1.82, 2.24) is 4.90 Å². The maximum atomic E-state index is 13.8. The molecule has 5 heteroatoms. The van der Waals surface area contributed by atoms with Gasteiger partial charge in [-0.25, -0.2) is 4.39 Å². The third-order valence-electron chi connectivity index (χ3n) is 6.01. The molecule has 0 atom stereocenters. The fraction of sp³-hybridized carbons (Fsp3) is 0.125. The lowest BCUT2D eigenvalue weighted by atomic mass is 10.1. The highest BCUT2D eigenvalue weighted by molar-refractivity contribution is 6.03. The van der Waals surface area contributed by atoms with Crippen LogP contribution in [0.15, 0.2) is 115 Å². The molecule has 0 N–H and O–H groups in total. The fourth-order valence-corrected chi connectivity index (χ4v) is 3.98. The molecule has 186 valence electrons. The molecule has 0 bridgehead atoms. The first-order chi connectivity index (χ1) is 18.0. The van der Waals surface area contributed by atoms with Crippen LogP contribution in [0.3, 0.4) is 0 Å². The first-order valence-corrected chi connectivity index (χ1v) is 12.1. The minimum Gasteiger partial charge on any atom is -0.341 e. The molecule has 0 aliphatic rings. The van der Waals surface area contributed by atoms with Crippen LogP contribution < -0.4 is 4.90 Å². The van der Waals surface area contributed by atoms with Gasteiger partial charge in [-0.15, -0.1) is 0 Å². The first kappa shape index (κ1) is 25.6. The average Bonchev–Trinajstić information content (AvgIpc) is 2.92. The normalized spacial score (nSPS) is 10.9. The zero-order chi connectivity index (χ0) is 26.0. The van der Waals surface area contributed by atoms with Gasteiger partial charge in [-0.05, 0) is 52.6 Å². The van der Waals surface area contributed by atoms with Crippen LogP contribution in [0.5, 0.6) is 0 Å². The Morgan fingerprint density at radius 3 is 2.05 bits per heavy atom. The topological polar surface area (TPSA) is 40.6 Å². The number of hydrogen-bond donors (Lipinski definition) is 0. The third kappa shape index (κ3) is 7.48. The van der Waals surface area contributed by atoms with E-state index in [1.54, 1.807) is 35.1 Å². The molecular formula is C32H29FN2O2. The molecule has 0 aromatic heterocycles. The molecule has 4 aromatic carbocycles. The number of rotatable bonds is 9. The second kappa shape index (κ2) is 12.5. The summed E-state index contributed by atoms with van der Waals surface area (Å²) < 4.78 is 13.8. The number of carbonyl (C=O) groups excluding carboxylic acids is 2. The number of halogens is 1. The van der Waals surface area contributed by atoms with Crippen molar-refractivity contribution in [2.75, 3.05) is 11.9 Å². The summed E-state index contributed by atoms with van der Waals surface area (Å²) >= 11 is 0. The van der Waals surface area contributed by atoms with Gasteiger partial charge in [-0.1, -0.05) is 84.9 Å². The molecule has 2 amide bonds. The molecular weight excluding hydrogens is 463 g/mol. The Bertz CT molecular complexity index is 1350. The van der Waals surface area contributed by atoms with Crippen molar-refractivity contribution in [3.05, 3.63) is 143 Å². The van der Waals surface area contributed by atoms with E-state index in [4.69, 9.17) is 0 Å². The fourth-order valence-electron chi connectivity index (χ4n) is 3.98. The van der Waals surface area contributed by atoms with E-state index in [1.807, 2.05) is 84.9 Å². The lowest BCUT2D eigenvalue weighted by Gasteiger charge is -2.22. The summed E-state index contributed by atoms with van der Waals surface area (Å²) in [5.74, 6) is -0.562. The largest absolute Gasteiger partial charge is 0.341 e. The summed E-state index contributed by atoms with van der Waals surface area (Å²) in [5, 5.41) is 0. The summed E-state index contributed by atoms with van der Waals surface area (Å²) in [5.41, 5.74) is 4.19. The third-order valence-corrected chi connectivity index (χ3v) is 6.01. The molecule has 0 spiro atoms. The van der Waals surface area contributed by atoms with Crippen LogP contribution in [0.1, 0.15) is 22.3 Å². The van der Waals surface area contributed by atoms with Gasteiger partial charge in [-0.3, -0.25) is 9.59 Å². The molecule has 0 saturated heterocycles. The monoisotopic (exact) mass is 492 g/mol. The second-order valence-electron chi connectivity index (χ2n) is 8.88. The van der Waals surface area contributed by atoms with Gasteiger partial charge in [0, 0.05) is 25.4 Å². The van der Waals surface area contributed by atoms with Gasteiger partial charge >= 0.3 is 0 Å². The molecule has 4 nitrogen and oxygen atoms in total. The number of carbonyl (C=O) groups is 2. The van der Waals surface area contributed by atoms with Crippen LogP contribution in [0.4, 0.5) is 10.1 Å². The van der Waals surface area contributed by atoms with Crippen LogP contribution in [-0.4, -0.2) is 23.8 Å².